The van der Waals surface area contributed by atoms with E-state index in [1.54, 1.807) is 0 Å². The molecule has 5 nitrogen and oxygen atoms in total. The van der Waals surface area contributed by atoms with Gasteiger partial charge in [0.05, 0.1) is 19.1 Å². The highest BCUT2D eigenvalue weighted by Gasteiger charge is 2.13. The van der Waals surface area contributed by atoms with Crippen molar-refractivity contribution in [2.24, 2.45) is 0 Å². The minimum Gasteiger partial charge on any atom is -0.496 e. The zero-order valence-corrected chi connectivity index (χ0v) is 9.20. The number of methoxy groups -OCH3 is 1. The van der Waals surface area contributed by atoms with Gasteiger partial charge in [-0.05, 0) is 18.2 Å². The number of nitrogens with one attached hydrogen (secondary N) is 1. The number of hydrogen-bond donors (Lipinski definition) is 2. The van der Waals surface area contributed by atoms with Crippen molar-refractivity contribution in [1.29, 1.82) is 0 Å². The first-order chi connectivity index (χ1) is 8.04. The standard InChI is InChI=1S/C11H12FNO4/c1-17-9-3-2-7(12)6-8(9)11(16)13-5-4-10(14)15/h2-3,6H,4-5H2,1H3,(H,13,16)(H,14,15). The van der Waals surface area contributed by atoms with Crippen molar-refractivity contribution in [2.75, 3.05) is 13.7 Å². The molecule has 0 bridgehead atoms. The number of halogens is 1. The van der Waals surface area contributed by atoms with Crippen LogP contribution in [-0.2, 0) is 4.79 Å². The van der Waals surface area contributed by atoms with Crippen molar-refractivity contribution in [1.82, 2.24) is 5.32 Å². The SMILES string of the molecule is COc1ccc(F)cc1C(=O)NCCC(=O)O. The van der Waals surface area contributed by atoms with Crippen LogP contribution in [0.1, 0.15) is 16.8 Å². The molecule has 0 aromatic heterocycles. The summed E-state index contributed by atoms with van der Waals surface area (Å²) in [7, 11) is 1.36. The van der Waals surface area contributed by atoms with E-state index < -0.39 is 17.7 Å². The lowest BCUT2D eigenvalue weighted by atomic mass is 10.2. The molecule has 0 aliphatic heterocycles. The molecule has 0 aliphatic carbocycles. The number of hydrogen-bond acceptors (Lipinski definition) is 3. The van der Waals surface area contributed by atoms with Crippen molar-refractivity contribution >= 4 is 11.9 Å². The Morgan fingerprint density at radius 2 is 2.18 bits per heavy atom. The van der Waals surface area contributed by atoms with E-state index in [1.165, 1.54) is 19.2 Å². The van der Waals surface area contributed by atoms with Gasteiger partial charge in [-0.3, -0.25) is 9.59 Å². The van der Waals surface area contributed by atoms with E-state index >= 15 is 0 Å². The lowest BCUT2D eigenvalue weighted by Gasteiger charge is -2.08. The highest BCUT2D eigenvalue weighted by molar-refractivity contribution is 5.97. The van der Waals surface area contributed by atoms with Crippen LogP contribution in [0.15, 0.2) is 18.2 Å². The molecule has 2 N–H and O–H groups in total. The molecule has 17 heavy (non-hydrogen) atoms. The van der Waals surface area contributed by atoms with E-state index in [0.717, 1.165) is 6.07 Å². The topological polar surface area (TPSA) is 75.6 Å². The second-order valence-corrected chi connectivity index (χ2v) is 3.24. The second-order valence-electron chi connectivity index (χ2n) is 3.24. The Labute approximate surface area is 97.2 Å². The number of carbonyl (C=O) groups excluding carboxylic acids is 1. The van der Waals surface area contributed by atoms with Gasteiger partial charge in [-0.1, -0.05) is 0 Å². The average molecular weight is 241 g/mol. The molecule has 1 rings (SSSR count). The first-order valence-electron chi connectivity index (χ1n) is 4.88. The summed E-state index contributed by atoms with van der Waals surface area (Å²) in [5, 5.41) is 10.8. The van der Waals surface area contributed by atoms with Gasteiger partial charge < -0.3 is 15.2 Å². The van der Waals surface area contributed by atoms with Crippen molar-refractivity contribution < 1.29 is 23.8 Å². The van der Waals surface area contributed by atoms with Gasteiger partial charge in [-0.25, -0.2) is 4.39 Å². The minimum atomic E-state index is -1.02. The predicted molar refractivity (Wildman–Crippen MR) is 57.5 cm³/mol. The zero-order chi connectivity index (χ0) is 12.8. The molecule has 6 heteroatoms. The molecule has 0 aliphatic rings. The highest BCUT2D eigenvalue weighted by Crippen LogP contribution is 2.18. The van der Waals surface area contributed by atoms with Crippen LogP contribution in [0, 0.1) is 5.82 Å². The molecule has 1 amide bonds. The Bertz CT molecular complexity index is 433. The summed E-state index contributed by atoms with van der Waals surface area (Å²) in [4.78, 5) is 21.9. The molecule has 0 radical (unpaired) electrons. The van der Waals surface area contributed by atoms with Gasteiger partial charge in [0.25, 0.3) is 5.91 Å². The quantitative estimate of drug-likeness (QED) is 0.807. The number of rotatable bonds is 5. The normalized spacial score (nSPS) is 9.76. The molecule has 0 saturated carbocycles. The Morgan fingerprint density at radius 3 is 2.76 bits per heavy atom. The van der Waals surface area contributed by atoms with Crippen LogP contribution in [0.4, 0.5) is 4.39 Å². The van der Waals surface area contributed by atoms with Gasteiger partial charge >= 0.3 is 5.97 Å². The summed E-state index contributed by atoms with van der Waals surface area (Å²) < 4.78 is 17.9. The maximum Gasteiger partial charge on any atom is 0.305 e. The van der Waals surface area contributed by atoms with Gasteiger partial charge in [0, 0.05) is 6.54 Å². The third kappa shape index (κ3) is 3.75. The summed E-state index contributed by atoms with van der Waals surface area (Å²) >= 11 is 0. The molecular formula is C11H12FNO4. The maximum absolute atomic E-state index is 13.0. The molecule has 0 heterocycles. The Kier molecular flexibility index (Phi) is 4.45. The van der Waals surface area contributed by atoms with Crippen molar-refractivity contribution in [2.45, 2.75) is 6.42 Å². The Hall–Kier alpha value is -2.11. The summed E-state index contributed by atoms with van der Waals surface area (Å²) in [5.74, 6) is -1.91. The number of aliphatic carboxylic acids is 1. The molecule has 1 aromatic carbocycles. The third-order valence-corrected chi connectivity index (χ3v) is 2.03. The summed E-state index contributed by atoms with van der Waals surface area (Å²) in [6.07, 6.45) is -0.191. The lowest BCUT2D eigenvalue weighted by Crippen LogP contribution is -2.26. The largest absolute Gasteiger partial charge is 0.496 e. The molecule has 0 fully saturated rings. The number of carbonyl (C=O) groups is 2. The number of amides is 1. The second kappa shape index (κ2) is 5.83. The minimum absolute atomic E-state index is 0.0200. The summed E-state index contributed by atoms with van der Waals surface area (Å²) in [6.45, 7) is -0.0200. The van der Waals surface area contributed by atoms with E-state index in [4.69, 9.17) is 9.84 Å². The monoisotopic (exact) mass is 241 g/mol. The van der Waals surface area contributed by atoms with Gasteiger partial charge in [-0.2, -0.15) is 0 Å². The van der Waals surface area contributed by atoms with Gasteiger partial charge in [-0.15, -0.1) is 0 Å². The third-order valence-electron chi connectivity index (χ3n) is 2.03. The highest BCUT2D eigenvalue weighted by atomic mass is 19.1. The van der Waals surface area contributed by atoms with Crippen molar-refractivity contribution in [3.63, 3.8) is 0 Å². The van der Waals surface area contributed by atoms with Crippen LogP contribution >= 0.6 is 0 Å². The smallest absolute Gasteiger partial charge is 0.305 e. The number of carboxylic acid groups (broad SMARTS) is 1. The van der Waals surface area contributed by atoms with Crippen molar-refractivity contribution in [3.05, 3.63) is 29.6 Å². The predicted octanol–water partition coefficient (Wildman–Crippen LogP) is 1.04. The Balaban J connectivity index is 2.73. The number of ether oxygens (including phenoxy) is 1. The van der Waals surface area contributed by atoms with Gasteiger partial charge in [0.2, 0.25) is 0 Å². The molecule has 1 aromatic rings. The lowest BCUT2D eigenvalue weighted by molar-refractivity contribution is -0.136. The van der Waals surface area contributed by atoms with E-state index in [2.05, 4.69) is 5.32 Å². The van der Waals surface area contributed by atoms with Crippen LogP contribution in [0.2, 0.25) is 0 Å². The summed E-state index contributed by atoms with van der Waals surface area (Å²) in [6, 6.07) is 3.54. The molecule has 0 atom stereocenters. The number of carboxylic acids is 1. The number of benzene rings is 1. The van der Waals surface area contributed by atoms with Crippen molar-refractivity contribution in [3.8, 4) is 5.75 Å². The van der Waals surface area contributed by atoms with E-state index in [9.17, 15) is 14.0 Å². The van der Waals surface area contributed by atoms with Crippen LogP contribution in [0.25, 0.3) is 0 Å². The average Bonchev–Trinajstić information content (AvgIpc) is 2.28. The Morgan fingerprint density at radius 1 is 1.47 bits per heavy atom. The van der Waals surface area contributed by atoms with E-state index in [1.807, 2.05) is 0 Å². The maximum atomic E-state index is 13.0. The van der Waals surface area contributed by atoms with E-state index in [0.29, 0.717) is 0 Å². The van der Waals surface area contributed by atoms with Gasteiger partial charge in [0.1, 0.15) is 11.6 Å². The molecule has 0 saturated heterocycles. The fraction of sp³-hybridized carbons (Fsp3) is 0.273. The van der Waals surface area contributed by atoms with Crippen LogP contribution in [0.5, 0.6) is 5.75 Å². The first kappa shape index (κ1) is 13.0. The fourth-order valence-corrected chi connectivity index (χ4v) is 1.24. The first-order valence-corrected chi connectivity index (χ1v) is 4.88. The molecular weight excluding hydrogens is 229 g/mol. The molecule has 0 unspecified atom stereocenters. The van der Waals surface area contributed by atoms with Crippen LogP contribution < -0.4 is 10.1 Å². The molecule has 92 valence electrons. The molecule has 0 spiro atoms. The fourth-order valence-electron chi connectivity index (χ4n) is 1.24. The summed E-state index contributed by atoms with van der Waals surface area (Å²) in [5.41, 5.74) is 0.0397. The van der Waals surface area contributed by atoms with Crippen LogP contribution in [0.3, 0.4) is 0 Å². The van der Waals surface area contributed by atoms with Gasteiger partial charge in [0.15, 0.2) is 0 Å². The van der Waals surface area contributed by atoms with E-state index in [-0.39, 0.29) is 24.3 Å². The van der Waals surface area contributed by atoms with Crippen LogP contribution in [-0.4, -0.2) is 30.6 Å². The zero-order valence-electron chi connectivity index (χ0n) is 9.20.